The summed E-state index contributed by atoms with van der Waals surface area (Å²) in [6, 6.07) is 13.9. The van der Waals surface area contributed by atoms with Crippen LogP contribution in [-0.4, -0.2) is 30.4 Å². The molecular weight excluding hydrogens is 406 g/mol. The van der Waals surface area contributed by atoms with Crippen molar-refractivity contribution < 1.29 is 9.59 Å². The van der Waals surface area contributed by atoms with Gasteiger partial charge in [0.05, 0.1) is 5.69 Å². The number of anilines is 2. The number of thiazole rings is 1. The van der Waals surface area contributed by atoms with E-state index in [4.69, 9.17) is 4.98 Å². The second-order valence-electron chi connectivity index (χ2n) is 8.46. The van der Waals surface area contributed by atoms with Gasteiger partial charge in [-0.3, -0.25) is 14.5 Å². The number of aryl methyl sites for hydroxylation is 2. The predicted molar refractivity (Wildman–Crippen MR) is 125 cm³/mol. The monoisotopic (exact) mass is 431 g/mol. The van der Waals surface area contributed by atoms with Crippen LogP contribution in [0.3, 0.4) is 0 Å². The smallest absolute Gasteiger partial charge is 0.259 e. The third-order valence-corrected chi connectivity index (χ3v) is 6.95. The number of carbonyl (C=O) groups is 2. The lowest BCUT2D eigenvalue weighted by Crippen LogP contribution is -2.36. The van der Waals surface area contributed by atoms with E-state index in [1.54, 1.807) is 11.9 Å². The van der Waals surface area contributed by atoms with Crippen LogP contribution >= 0.6 is 11.3 Å². The fraction of sp³-hybridized carbons (Fsp3) is 0.320. The molecule has 0 atom stereocenters. The summed E-state index contributed by atoms with van der Waals surface area (Å²) in [5.74, 6) is 0.443. The van der Waals surface area contributed by atoms with E-state index in [2.05, 4.69) is 12.1 Å². The van der Waals surface area contributed by atoms with E-state index in [9.17, 15) is 9.59 Å². The van der Waals surface area contributed by atoms with Crippen LogP contribution in [0.25, 0.3) is 11.3 Å². The first kappa shape index (κ1) is 19.9. The number of nitrogens with zero attached hydrogens (tertiary/aromatic N) is 3. The van der Waals surface area contributed by atoms with Crippen molar-refractivity contribution >= 4 is 34.0 Å². The molecule has 1 aliphatic heterocycles. The first-order valence-corrected chi connectivity index (χ1v) is 11.6. The molecule has 2 aliphatic rings. The van der Waals surface area contributed by atoms with Crippen molar-refractivity contribution in [2.45, 2.75) is 32.6 Å². The fourth-order valence-corrected chi connectivity index (χ4v) is 4.94. The van der Waals surface area contributed by atoms with Gasteiger partial charge in [-0.2, -0.15) is 0 Å². The molecule has 0 N–H and O–H groups in total. The molecule has 6 heteroatoms. The van der Waals surface area contributed by atoms with Crippen molar-refractivity contribution in [2.75, 3.05) is 23.4 Å². The number of fused-ring (bicyclic) bond motifs is 1. The first-order valence-electron chi connectivity index (χ1n) is 10.8. The van der Waals surface area contributed by atoms with Gasteiger partial charge in [0, 0.05) is 41.7 Å². The van der Waals surface area contributed by atoms with E-state index in [1.165, 1.54) is 16.9 Å². The SMILES string of the molecule is Cc1cccc(C(=O)N(C)c2nc(-c3ccc4c(c3)CCCN4C(=O)C3CC3)cs2)c1. The normalized spacial score (nSPS) is 15.5. The molecule has 5 nitrogen and oxygen atoms in total. The Morgan fingerprint density at radius 2 is 2.00 bits per heavy atom. The highest BCUT2D eigenvalue weighted by Crippen LogP contribution is 2.37. The summed E-state index contributed by atoms with van der Waals surface area (Å²) < 4.78 is 0. The average Bonchev–Trinajstić information content (AvgIpc) is 3.53. The van der Waals surface area contributed by atoms with Crippen LogP contribution in [0.4, 0.5) is 10.8 Å². The third-order valence-electron chi connectivity index (χ3n) is 6.04. The molecule has 1 fully saturated rings. The van der Waals surface area contributed by atoms with E-state index in [-0.39, 0.29) is 17.7 Å². The second-order valence-corrected chi connectivity index (χ2v) is 9.30. The maximum absolute atomic E-state index is 12.8. The number of carbonyl (C=O) groups excluding carboxylic acids is 2. The van der Waals surface area contributed by atoms with E-state index >= 15 is 0 Å². The molecule has 0 spiro atoms. The Morgan fingerprint density at radius 3 is 2.77 bits per heavy atom. The lowest BCUT2D eigenvalue weighted by molar-refractivity contribution is -0.119. The highest BCUT2D eigenvalue weighted by atomic mass is 32.1. The van der Waals surface area contributed by atoms with Crippen molar-refractivity contribution in [3.63, 3.8) is 0 Å². The van der Waals surface area contributed by atoms with Gasteiger partial charge in [0.1, 0.15) is 0 Å². The molecule has 0 radical (unpaired) electrons. The Hall–Kier alpha value is -2.99. The molecular formula is C25H25N3O2S. The van der Waals surface area contributed by atoms with Gasteiger partial charge in [-0.05, 0) is 62.4 Å². The molecule has 2 aromatic carbocycles. The Morgan fingerprint density at radius 1 is 1.16 bits per heavy atom. The van der Waals surface area contributed by atoms with Crippen LogP contribution in [0.5, 0.6) is 0 Å². The van der Waals surface area contributed by atoms with E-state index in [0.29, 0.717) is 10.7 Å². The Labute approximate surface area is 186 Å². The summed E-state index contributed by atoms with van der Waals surface area (Å²) in [5.41, 5.74) is 5.86. The highest BCUT2D eigenvalue weighted by Gasteiger charge is 2.35. The lowest BCUT2D eigenvalue weighted by atomic mass is 9.98. The van der Waals surface area contributed by atoms with Crippen molar-refractivity contribution in [1.29, 1.82) is 0 Å². The van der Waals surface area contributed by atoms with E-state index in [0.717, 1.165) is 54.7 Å². The standard InChI is InChI=1S/C25H25N3O2S/c1-16-5-3-6-20(13-16)23(29)27(2)25-26-21(15-31-25)18-10-11-22-19(14-18)7-4-12-28(22)24(30)17-8-9-17/h3,5-6,10-11,13-15,17H,4,7-9,12H2,1-2H3. The van der Waals surface area contributed by atoms with Gasteiger partial charge < -0.3 is 4.90 Å². The van der Waals surface area contributed by atoms with Gasteiger partial charge in [-0.25, -0.2) is 4.98 Å². The molecule has 1 aliphatic carbocycles. The number of hydrogen-bond acceptors (Lipinski definition) is 4. The minimum atomic E-state index is -0.0655. The largest absolute Gasteiger partial charge is 0.312 e. The zero-order valence-electron chi connectivity index (χ0n) is 17.8. The minimum absolute atomic E-state index is 0.0655. The Kier molecular flexibility index (Phi) is 5.10. The maximum atomic E-state index is 12.8. The van der Waals surface area contributed by atoms with E-state index < -0.39 is 0 Å². The zero-order chi connectivity index (χ0) is 21.5. The summed E-state index contributed by atoms with van der Waals surface area (Å²) in [6.45, 7) is 2.79. The van der Waals surface area contributed by atoms with Crippen molar-refractivity contribution in [3.8, 4) is 11.3 Å². The van der Waals surface area contributed by atoms with Crippen LogP contribution in [0.1, 0.15) is 40.7 Å². The van der Waals surface area contributed by atoms with Crippen molar-refractivity contribution in [3.05, 3.63) is 64.5 Å². The summed E-state index contributed by atoms with van der Waals surface area (Å²) in [4.78, 5) is 33.8. The van der Waals surface area contributed by atoms with Crippen LogP contribution in [0.15, 0.2) is 47.8 Å². The van der Waals surface area contributed by atoms with E-state index in [1.807, 2.05) is 47.5 Å². The van der Waals surface area contributed by atoms with Gasteiger partial charge in [-0.1, -0.05) is 23.8 Å². The summed E-state index contributed by atoms with van der Waals surface area (Å²) >= 11 is 1.46. The molecule has 1 saturated carbocycles. The molecule has 1 aromatic heterocycles. The molecule has 5 rings (SSSR count). The third kappa shape index (κ3) is 3.88. The number of benzene rings is 2. The van der Waals surface area contributed by atoms with Gasteiger partial charge in [0.2, 0.25) is 5.91 Å². The maximum Gasteiger partial charge on any atom is 0.259 e. The minimum Gasteiger partial charge on any atom is -0.312 e. The summed E-state index contributed by atoms with van der Waals surface area (Å²) in [6.07, 6.45) is 4.02. The molecule has 0 unspecified atom stereocenters. The Balaban J connectivity index is 1.38. The number of aromatic nitrogens is 1. The van der Waals surface area contributed by atoms with Crippen LogP contribution in [-0.2, 0) is 11.2 Å². The second kappa shape index (κ2) is 7.93. The number of rotatable bonds is 4. The summed E-state index contributed by atoms with van der Waals surface area (Å²) in [5, 5.41) is 2.66. The molecule has 3 aromatic rings. The zero-order valence-corrected chi connectivity index (χ0v) is 18.6. The van der Waals surface area contributed by atoms with Crippen LogP contribution in [0, 0.1) is 12.8 Å². The van der Waals surface area contributed by atoms with Crippen molar-refractivity contribution in [1.82, 2.24) is 4.98 Å². The van der Waals surface area contributed by atoms with Gasteiger partial charge >= 0.3 is 0 Å². The van der Waals surface area contributed by atoms with Gasteiger partial charge in [-0.15, -0.1) is 11.3 Å². The molecule has 0 saturated heterocycles. The lowest BCUT2D eigenvalue weighted by Gasteiger charge is -2.30. The van der Waals surface area contributed by atoms with Crippen LogP contribution < -0.4 is 9.80 Å². The molecule has 0 bridgehead atoms. The quantitative estimate of drug-likeness (QED) is 0.579. The molecule has 158 valence electrons. The predicted octanol–water partition coefficient (Wildman–Crippen LogP) is 5.08. The molecule has 2 heterocycles. The average molecular weight is 432 g/mol. The Bertz CT molecular complexity index is 1170. The topological polar surface area (TPSA) is 53.5 Å². The van der Waals surface area contributed by atoms with Crippen LogP contribution in [0.2, 0.25) is 0 Å². The van der Waals surface area contributed by atoms with Gasteiger partial charge in [0.25, 0.3) is 5.91 Å². The first-order chi connectivity index (χ1) is 15.0. The summed E-state index contributed by atoms with van der Waals surface area (Å²) in [7, 11) is 1.77. The number of hydrogen-bond donors (Lipinski definition) is 0. The fourth-order valence-electron chi connectivity index (χ4n) is 4.15. The molecule has 31 heavy (non-hydrogen) atoms. The highest BCUT2D eigenvalue weighted by molar-refractivity contribution is 7.14. The van der Waals surface area contributed by atoms with Gasteiger partial charge in [0.15, 0.2) is 5.13 Å². The molecule has 2 amide bonds. The van der Waals surface area contributed by atoms with Crippen molar-refractivity contribution in [2.24, 2.45) is 5.92 Å². The number of amides is 2.